The summed E-state index contributed by atoms with van der Waals surface area (Å²) in [5, 5.41) is 1.11. The van der Waals surface area contributed by atoms with Gasteiger partial charge >= 0.3 is 0 Å². The fraction of sp³-hybridized carbons (Fsp3) is 0.500. The number of nitrogens with zero attached hydrogens (tertiary/aromatic N) is 2. The van der Waals surface area contributed by atoms with Crippen LogP contribution in [0.2, 0.25) is 5.28 Å². The lowest BCUT2D eigenvalue weighted by Crippen LogP contribution is -1.83. The maximum Gasteiger partial charge on any atom is 0.234 e. The third-order valence-corrected chi connectivity index (χ3v) is 1.66. The first kappa shape index (κ1) is 6.92. The van der Waals surface area contributed by atoms with Crippen molar-refractivity contribution in [2.75, 3.05) is 7.11 Å². The number of ether oxygens (including phenoxy) is 1. The predicted molar refractivity (Wildman–Crippen MR) is 35.6 cm³/mol. The molecule has 0 radical (unpaired) electrons. The maximum atomic E-state index is 5.43. The first-order valence-electron chi connectivity index (χ1n) is 2.30. The summed E-state index contributed by atoms with van der Waals surface area (Å²) < 4.78 is 8.54. The van der Waals surface area contributed by atoms with Crippen LogP contribution in [0.1, 0.15) is 5.01 Å². The Bertz CT molecular complexity index is 190. The number of hydrogen-bond donors (Lipinski definition) is 0. The Labute approximate surface area is 61.8 Å². The van der Waals surface area contributed by atoms with E-state index in [0.717, 1.165) is 5.01 Å². The van der Waals surface area contributed by atoms with Crippen molar-refractivity contribution in [3.8, 4) is 0 Å². The Kier molecular flexibility index (Phi) is 2.38. The summed E-state index contributed by atoms with van der Waals surface area (Å²) in [6.45, 7) is 0.490. The normalized spacial score (nSPS) is 10.0. The number of rotatable bonds is 2. The molecule has 5 heteroatoms. The van der Waals surface area contributed by atoms with Gasteiger partial charge in [-0.1, -0.05) is 0 Å². The van der Waals surface area contributed by atoms with E-state index >= 15 is 0 Å². The number of hydrogen-bond acceptors (Lipinski definition) is 4. The van der Waals surface area contributed by atoms with Crippen molar-refractivity contribution in [1.29, 1.82) is 0 Å². The van der Waals surface area contributed by atoms with Crippen LogP contribution in [0.5, 0.6) is 0 Å². The van der Waals surface area contributed by atoms with Gasteiger partial charge in [-0.3, -0.25) is 0 Å². The van der Waals surface area contributed by atoms with Crippen LogP contribution in [0, 0.1) is 0 Å². The van der Waals surface area contributed by atoms with Crippen molar-refractivity contribution in [2.45, 2.75) is 6.61 Å². The number of aromatic nitrogens is 2. The van der Waals surface area contributed by atoms with Gasteiger partial charge in [0.1, 0.15) is 5.01 Å². The van der Waals surface area contributed by atoms with E-state index in [-0.39, 0.29) is 0 Å². The van der Waals surface area contributed by atoms with E-state index in [1.54, 1.807) is 7.11 Å². The van der Waals surface area contributed by atoms with Gasteiger partial charge in [0.15, 0.2) is 0 Å². The molecule has 9 heavy (non-hydrogen) atoms. The summed E-state index contributed by atoms with van der Waals surface area (Å²) in [5.74, 6) is 0. The molecule has 0 saturated heterocycles. The highest BCUT2D eigenvalue weighted by Crippen LogP contribution is 2.08. The fourth-order valence-corrected chi connectivity index (χ4v) is 1.19. The highest BCUT2D eigenvalue weighted by atomic mass is 35.5. The highest BCUT2D eigenvalue weighted by Gasteiger charge is 1.98. The van der Waals surface area contributed by atoms with E-state index in [1.165, 1.54) is 11.5 Å². The first-order valence-corrected chi connectivity index (χ1v) is 3.45. The molecular formula is C4H5ClN2OS. The van der Waals surface area contributed by atoms with E-state index < -0.39 is 0 Å². The van der Waals surface area contributed by atoms with Gasteiger partial charge in [-0.05, 0) is 23.1 Å². The third kappa shape index (κ3) is 1.89. The van der Waals surface area contributed by atoms with E-state index in [4.69, 9.17) is 16.3 Å². The molecule has 3 nitrogen and oxygen atoms in total. The van der Waals surface area contributed by atoms with Crippen molar-refractivity contribution < 1.29 is 4.74 Å². The average Bonchev–Trinajstić information content (AvgIpc) is 2.17. The quantitative estimate of drug-likeness (QED) is 0.662. The maximum absolute atomic E-state index is 5.43. The van der Waals surface area contributed by atoms with Gasteiger partial charge in [0, 0.05) is 7.11 Å². The van der Waals surface area contributed by atoms with Crippen LogP contribution in [-0.2, 0) is 11.3 Å². The highest BCUT2D eigenvalue weighted by molar-refractivity contribution is 7.05. The van der Waals surface area contributed by atoms with Crippen LogP contribution in [-0.4, -0.2) is 16.5 Å². The standard InChI is InChI=1S/C4H5ClN2OS/c1-8-2-3-6-4(5)7-9-3/h2H2,1H3. The molecule has 0 atom stereocenters. The van der Waals surface area contributed by atoms with Gasteiger partial charge in [-0.15, -0.1) is 0 Å². The van der Waals surface area contributed by atoms with Crippen molar-refractivity contribution in [3.05, 3.63) is 10.3 Å². The molecular weight excluding hydrogens is 160 g/mol. The Morgan fingerprint density at radius 1 is 1.78 bits per heavy atom. The lowest BCUT2D eigenvalue weighted by atomic mass is 10.8. The smallest absolute Gasteiger partial charge is 0.234 e. The molecule has 0 spiro atoms. The molecule has 0 aliphatic carbocycles. The zero-order valence-electron chi connectivity index (χ0n) is 4.80. The van der Waals surface area contributed by atoms with Crippen molar-refractivity contribution in [1.82, 2.24) is 9.36 Å². The molecule has 0 aromatic carbocycles. The lowest BCUT2D eigenvalue weighted by Gasteiger charge is -1.86. The molecule has 1 aromatic rings. The SMILES string of the molecule is COCc1nc(Cl)ns1. The Hall–Kier alpha value is -0.190. The molecule has 0 unspecified atom stereocenters. The Morgan fingerprint density at radius 3 is 3.00 bits per heavy atom. The Balaban J connectivity index is 2.61. The molecule has 0 aliphatic heterocycles. The van der Waals surface area contributed by atoms with Gasteiger partial charge in [0.05, 0.1) is 6.61 Å². The predicted octanol–water partition coefficient (Wildman–Crippen LogP) is 1.34. The topological polar surface area (TPSA) is 35.0 Å². The minimum absolute atomic E-state index is 0.298. The molecule has 1 aromatic heterocycles. The first-order chi connectivity index (χ1) is 4.33. The molecule has 0 bridgehead atoms. The van der Waals surface area contributed by atoms with E-state index in [9.17, 15) is 0 Å². The minimum atomic E-state index is 0.298. The molecule has 1 heterocycles. The molecule has 50 valence electrons. The van der Waals surface area contributed by atoms with Crippen molar-refractivity contribution >= 4 is 23.1 Å². The van der Waals surface area contributed by atoms with Crippen LogP contribution in [0.3, 0.4) is 0 Å². The average molecular weight is 165 g/mol. The van der Waals surface area contributed by atoms with Crippen LogP contribution < -0.4 is 0 Å². The van der Waals surface area contributed by atoms with Gasteiger partial charge in [0.2, 0.25) is 5.28 Å². The van der Waals surface area contributed by atoms with Crippen LogP contribution in [0.25, 0.3) is 0 Å². The minimum Gasteiger partial charge on any atom is -0.377 e. The summed E-state index contributed by atoms with van der Waals surface area (Å²) >= 11 is 6.68. The second-order valence-corrected chi connectivity index (χ2v) is 2.56. The van der Waals surface area contributed by atoms with Crippen LogP contribution in [0.15, 0.2) is 0 Å². The third-order valence-electron chi connectivity index (χ3n) is 0.711. The molecule has 0 N–H and O–H groups in total. The van der Waals surface area contributed by atoms with E-state index in [1.807, 2.05) is 0 Å². The lowest BCUT2D eigenvalue weighted by molar-refractivity contribution is 0.184. The van der Waals surface area contributed by atoms with Gasteiger partial charge in [-0.25, -0.2) is 4.98 Å². The second-order valence-electron chi connectivity index (χ2n) is 1.39. The summed E-state index contributed by atoms with van der Waals surface area (Å²) in [7, 11) is 1.61. The van der Waals surface area contributed by atoms with E-state index in [0.29, 0.717) is 11.9 Å². The fourth-order valence-electron chi connectivity index (χ4n) is 0.416. The Morgan fingerprint density at radius 2 is 2.56 bits per heavy atom. The number of halogens is 1. The molecule has 0 aliphatic rings. The molecule has 0 fully saturated rings. The summed E-state index contributed by atoms with van der Waals surface area (Å²) in [5.41, 5.74) is 0. The second kappa shape index (κ2) is 3.10. The zero-order valence-corrected chi connectivity index (χ0v) is 6.37. The van der Waals surface area contributed by atoms with Crippen LogP contribution in [0.4, 0.5) is 0 Å². The van der Waals surface area contributed by atoms with Gasteiger partial charge in [-0.2, -0.15) is 4.37 Å². The molecule has 1 rings (SSSR count). The number of methoxy groups -OCH3 is 1. The van der Waals surface area contributed by atoms with E-state index in [2.05, 4.69) is 9.36 Å². The molecule has 0 amide bonds. The summed E-state index contributed by atoms with van der Waals surface area (Å²) in [6.07, 6.45) is 0. The largest absolute Gasteiger partial charge is 0.377 e. The summed E-state index contributed by atoms with van der Waals surface area (Å²) in [4.78, 5) is 3.85. The summed E-state index contributed by atoms with van der Waals surface area (Å²) in [6, 6.07) is 0. The van der Waals surface area contributed by atoms with Crippen LogP contribution >= 0.6 is 23.1 Å². The zero-order chi connectivity index (χ0) is 6.69. The molecule has 0 saturated carbocycles. The van der Waals surface area contributed by atoms with Crippen molar-refractivity contribution in [3.63, 3.8) is 0 Å². The monoisotopic (exact) mass is 164 g/mol. The van der Waals surface area contributed by atoms with Gasteiger partial charge in [0.25, 0.3) is 0 Å². The van der Waals surface area contributed by atoms with Crippen molar-refractivity contribution in [2.24, 2.45) is 0 Å². The van der Waals surface area contributed by atoms with Gasteiger partial charge < -0.3 is 4.74 Å².